The van der Waals surface area contributed by atoms with Crippen LogP contribution in [0.15, 0.2) is 182 Å². The van der Waals surface area contributed by atoms with Gasteiger partial charge in [0.05, 0.1) is 24.9 Å². The summed E-state index contributed by atoms with van der Waals surface area (Å²) in [6.45, 7) is 0. The maximum atomic E-state index is 9.36. The molecule has 266 valence electrons. The van der Waals surface area contributed by atoms with Crippen molar-refractivity contribution >= 4 is 84.8 Å². The first-order valence-corrected chi connectivity index (χ1v) is 20.2. The molecule has 0 fully saturated rings. The number of fused-ring (bicyclic) bond motifs is 9. The Morgan fingerprint density at radius 3 is 1.61 bits per heavy atom. The molecule has 4 nitrogen and oxygen atoms in total. The van der Waals surface area contributed by atoms with Gasteiger partial charge in [0.1, 0.15) is 0 Å². The van der Waals surface area contributed by atoms with Gasteiger partial charge < -0.3 is 4.57 Å². The lowest BCUT2D eigenvalue weighted by Gasteiger charge is -2.17. The lowest BCUT2D eigenvalue weighted by Crippen LogP contribution is -2.04. The van der Waals surface area contributed by atoms with E-state index in [0.717, 1.165) is 52.5 Å². The third-order valence-electron chi connectivity index (χ3n) is 10.6. The fourth-order valence-electron chi connectivity index (χ4n) is 8.06. The molecule has 57 heavy (non-hydrogen) atoms. The molecule has 0 radical (unpaired) electrons. The van der Waals surface area contributed by atoms with Gasteiger partial charge >= 0.3 is 0 Å². The molecule has 4 heterocycles. The largest absolute Gasteiger partial charge is 0.308 e. The van der Waals surface area contributed by atoms with E-state index < -0.39 is 0 Å². The molecule has 0 aliphatic rings. The highest BCUT2D eigenvalue weighted by Gasteiger charge is 2.22. The third kappa shape index (κ3) is 5.08. The SMILES string of the molecule is [2H]c1cc([2H])c2c(c1[2H])c1c([2H])c([2H])cc([2H])c1n2-c1cc(-c2cccc3c2sc2ccccc23)ccc1-c1nc(-c2ccccc2)nc(-c2cccc3c2sc2ccccc23)n1. The summed E-state index contributed by atoms with van der Waals surface area (Å²) in [6.07, 6.45) is 0. The molecule has 0 N–H and O–H groups in total. The highest BCUT2D eigenvalue weighted by molar-refractivity contribution is 7.26. The number of rotatable bonds is 5. The Labute approximate surface area is 344 Å². The van der Waals surface area contributed by atoms with Crippen molar-refractivity contribution in [1.82, 2.24) is 19.5 Å². The van der Waals surface area contributed by atoms with E-state index in [-0.39, 0.29) is 58.1 Å². The zero-order valence-electron chi connectivity index (χ0n) is 36.0. The standard InChI is InChI=1S/C51H30N4S2/c1-2-14-31(15-3-1)49-52-50(54-51(53-49)41-23-13-22-39-37-19-7-11-27-46(37)57-48(39)41)40-29-28-32(33-20-12-21-38-36-18-6-10-26-45(36)56-47(33)38)30-44(40)55-42-24-8-4-16-34(42)35-17-5-9-25-43(35)55/h1-30H/i4D,5D,16D,17D,24D,25D. The van der Waals surface area contributed by atoms with Crippen LogP contribution in [-0.4, -0.2) is 19.5 Å². The molecule has 0 spiro atoms. The van der Waals surface area contributed by atoms with Crippen molar-refractivity contribution < 1.29 is 8.22 Å². The fourth-order valence-corrected chi connectivity index (χ4v) is 10.5. The second kappa shape index (κ2) is 12.8. The van der Waals surface area contributed by atoms with Crippen LogP contribution >= 0.6 is 22.7 Å². The second-order valence-electron chi connectivity index (χ2n) is 13.9. The zero-order chi connectivity index (χ0) is 42.7. The molecule has 0 atom stereocenters. The van der Waals surface area contributed by atoms with E-state index in [0.29, 0.717) is 28.7 Å². The van der Waals surface area contributed by atoms with E-state index in [2.05, 4.69) is 48.5 Å². The van der Waals surface area contributed by atoms with E-state index in [1.54, 1.807) is 27.2 Å². The van der Waals surface area contributed by atoms with Crippen molar-refractivity contribution in [3.8, 4) is 51.0 Å². The molecule has 0 amide bonds. The molecule has 0 bridgehead atoms. The Kier molecular flexibility index (Phi) is 6.00. The first-order chi connectivity index (χ1) is 30.7. The van der Waals surface area contributed by atoms with Crippen LogP contribution < -0.4 is 0 Å². The summed E-state index contributed by atoms with van der Waals surface area (Å²) in [5.74, 6) is 1.28. The molecular weight excluding hydrogens is 733 g/mol. The molecule has 0 aliphatic carbocycles. The van der Waals surface area contributed by atoms with Crippen LogP contribution in [0.5, 0.6) is 0 Å². The van der Waals surface area contributed by atoms with Gasteiger partial charge in [-0.15, -0.1) is 22.7 Å². The van der Waals surface area contributed by atoms with E-state index in [4.69, 9.17) is 20.4 Å². The number of aromatic nitrogens is 4. The number of benzene rings is 8. The topological polar surface area (TPSA) is 43.6 Å². The van der Waals surface area contributed by atoms with Crippen molar-refractivity contribution in [3.05, 3.63) is 182 Å². The third-order valence-corrected chi connectivity index (χ3v) is 13.1. The van der Waals surface area contributed by atoms with Gasteiger partial charge in [0.2, 0.25) is 0 Å². The summed E-state index contributed by atoms with van der Waals surface area (Å²) in [7, 11) is 0. The van der Waals surface area contributed by atoms with Crippen LogP contribution in [0.25, 0.3) is 113 Å². The molecule has 12 aromatic rings. The summed E-state index contributed by atoms with van der Waals surface area (Å²) in [4.78, 5) is 15.6. The Bertz CT molecular complexity index is 3820. The lowest BCUT2D eigenvalue weighted by molar-refractivity contribution is 1.07. The molecule has 0 saturated carbocycles. The number of thiophene rings is 2. The quantitative estimate of drug-likeness (QED) is 0.175. The molecule has 8 aromatic carbocycles. The minimum Gasteiger partial charge on any atom is -0.308 e. The van der Waals surface area contributed by atoms with Crippen molar-refractivity contribution in [2.45, 2.75) is 0 Å². The normalized spacial score (nSPS) is 13.3. The van der Waals surface area contributed by atoms with Gasteiger partial charge in [0.25, 0.3) is 0 Å². The Balaban J connectivity index is 1.21. The van der Waals surface area contributed by atoms with Crippen LogP contribution in [0, 0.1) is 0 Å². The highest BCUT2D eigenvalue weighted by Crippen LogP contribution is 2.44. The number of hydrogen-bond acceptors (Lipinski definition) is 5. The monoisotopic (exact) mass is 768 g/mol. The van der Waals surface area contributed by atoms with Gasteiger partial charge in [0.15, 0.2) is 17.5 Å². The minimum absolute atomic E-state index is 0.0479. The van der Waals surface area contributed by atoms with Crippen molar-refractivity contribution in [3.63, 3.8) is 0 Å². The molecule has 6 heteroatoms. The van der Waals surface area contributed by atoms with Crippen molar-refractivity contribution in [2.24, 2.45) is 0 Å². The van der Waals surface area contributed by atoms with Crippen LogP contribution in [0.2, 0.25) is 0 Å². The average Bonchev–Trinajstić information content (AvgIpc) is 4.01. The van der Waals surface area contributed by atoms with Crippen LogP contribution in [0.3, 0.4) is 0 Å². The smallest absolute Gasteiger partial charge is 0.166 e. The maximum absolute atomic E-state index is 9.36. The van der Waals surface area contributed by atoms with Gasteiger partial charge in [-0.1, -0.05) is 139 Å². The average molecular weight is 769 g/mol. The predicted octanol–water partition coefficient (Wildman–Crippen LogP) is 14.4. The van der Waals surface area contributed by atoms with Gasteiger partial charge in [-0.25, -0.2) is 15.0 Å². The van der Waals surface area contributed by atoms with Gasteiger partial charge in [-0.3, -0.25) is 0 Å². The van der Waals surface area contributed by atoms with E-state index >= 15 is 0 Å². The molecule has 0 saturated heterocycles. The summed E-state index contributed by atoms with van der Waals surface area (Å²) >= 11 is 3.40. The van der Waals surface area contributed by atoms with E-state index in [9.17, 15) is 2.74 Å². The molecule has 12 rings (SSSR count). The summed E-state index contributed by atoms with van der Waals surface area (Å²) in [5.41, 5.74) is 5.08. The van der Waals surface area contributed by atoms with Crippen LogP contribution in [-0.2, 0) is 0 Å². The van der Waals surface area contributed by atoms with Crippen LogP contribution in [0.4, 0.5) is 0 Å². The van der Waals surface area contributed by atoms with Crippen LogP contribution in [0.1, 0.15) is 8.22 Å². The first-order valence-electron chi connectivity index (χ1n) is 21.5. The zero-order valence-corrected chi connectivity index (χ0v) is 31.6. The highest BCUT2D eigenvalue weighted by atomic mass is 32.1. The summed E-state index contributed by atoms with van der Waals surface area (Å²) < 4.78 is 60.6. The number of nitrogens with zero attached hydrogens (tertiary/aromatic N) is 4. The Morgan fingerprint density at radius 1 is 0.404 bits per heavy atom. The summed E-state index contributed by atoms with van der Waals surface area (Å²) in [6, 6.07) is 46.8. The van der Waals surface area contributed by atoms with Gasteiger partial charge in [-0.2, -0.15) is 0 Å². The Hall–Kier alpha value is -6.99. The molecule has 0 unspecified atom stereocenters. The van der Waals surface area contributed by atoms with Crippen molar-refractivity contribution in [2.75, 3.05) is 0 Å². The first kappa shape index (κ1) is 26.8. The maximum Gasteiger partial charge on any atom is 0.166 e. The Morgan fingerprint density at radius 2 is 0.947 bits per heavy atom. The minimum atomic E-state index is -0.179. The summed E-state index contributed by atoms with van der Waals surface area (Å²) in [5, 5.41) is 4.91. The van der Waals surface area contributed by atoms with Gasteiger partial charge in [-0.05, 0) is 53.5 Å². The predicted molar refractivity (Wildman–Crippen MR) is 242 cm³/mol. The molecular formula is C51H30N4S2. The second-order valence-corrected chi connectivity index (χ2v) is 16.0. The lowest BCUT2D eigenvalue weighted by atomic mass is 9.99. The number of hydrogen-bond donors (Lipinski definition) is 0. The van der Waals surface area contributed by atoms with E-state index in [1.807, 2.05) is 84.9 Å². The molecule has 4 aromatic heterocycles. The number of para-hydroxylation sites is 2. The van der Waals surface area contributed by atoms with E-state index in [1.165, 1.54) is 22.2 Å². The van der Waals surface area contributed by atoms with Gasteiger partial charge in [0, 0.05) is 67.8 Å². The van der Waals surface area contributed by atoms with Crippen molar-refractivity contribution in [1.29, 1.82) is 0 Å². The molecule has 0 aliphatic heterocycles. The fraction of sp³-hybridized carbons (Fsp3) is 0.